The molecule has 0 aromatic heterocycles. The highest BCUT2D eigenvalue weighted by Gasteiger charge is 2.14. The van der Waals surface area contributed by atoms with Crippen molar-refractivity contribution in [1.29, 1.82) is 0 Å². The van der Waals surface area contributed by atoms with E-state index in [9.17, 15) is 14.4 Å². The Labute approximate surface area is 175 Å². The van der Waals surface area contributed by atoms with Gasteiger partial charge in [-0.05, 0) is 48.9 Å². The minimum absolute atomic E-state index is 0.239. The average Bonchev–Trinajstić information content (AvgIpc) is 2.78. The van der Waals surface area contributed by atoms with Crippen molar-refractivity contribution in [2.24, 2.45) is 0 Å². The van der Waals surface area contributed by atoms with Gasteiger partial charge in [0.15, 0.2) is 0 Å². The minimum atomic E-state index is -0.374. The molecule has 0 unspecified atom stereocenters. The highest BCUT2D eigenvalue weighted by Crippen LogP contribution is 2.18. The number of anilines is 2. The van der Waals surface area contributed by atoms with E-state index in [0.29, 0.717) is 34.6 Å². The van der Waals surface area contributed by atoms with E-state index >= 15 is 0 Å². The molecule has 3 rings (SSSR count). The zero-order valence-corrected chi connectivity index (χ0v) is 16.6. The van der Waals surface area contributed by atoms with Crippen LogP contribution in [0.2, 0.25) is 0 Å². The van der Waals surface area contributed by atoms with Crippen LogP contribution in [0.25, 0.3) is 0 Å². The molecule has 0 aliphatic carbocycles. The number of benzene rings is 3. The van der Waals surface area contributed by atoms with Crippen molar-refractivity contribution in [2.75, 3.05) is 17.2 Å². The predicted molar refractivity (Wildman–Crippen MR) is 118 cm³/mol. The number of para-hydroxylation sites is 1. The first-order chi connectivity index (χ1) is 14.6. The van der Waals surface area contributed by atoms with E-state index in [1.807, 2.05) is 13.0 Å². The van der Waals surface area contributed by atoms with Gasteiger partial charge < -0.3 is 16.0 Å². The molecule has 0 saturated heterocycles. The Kier molecular flexibility index (Phi) is 6.95. The van der Waals surface area contributed by atoms with Crippen LogP contribution in [-0.2, 0) is 0 Å². The molecule has 0 bridgehead atoms. The summed E-state index contributed by atoms with van der Waals surface area (Å²) in [4.78, 5) is 37.4. The van der Waals surface area contributed by atoms with Crippen molar-refractivity contribution in [3.63, 3.8) is 0 Å². The maximum atomic E-state index is 12.8. The first kappa shape index (κ1) is 20.8. The molecule has 6 heteroatoms. The molecule has 3 amide bonds. The van der Waals surface area contributed by atoms with E-state index in [0.717, 1.165) is 6.42 Å². The van der Waals surface area contributed by atoms with Crippen LogP contribution < -0.4 is 16.0 Å². The van der Waals surface area contributed by atoms with Gasteiger partial charge in [-0.2, -0.15) is 0 Å². The van der Waals surface area contributed by atoms with Gasteiger partial charge in [0.05, 0.1) is 11.3 Å². The molecule has 0 aliphatic rings. The fourth-order valence-electron chi connectivity index (χ4n) is 2.85. The average molecular weight is 401 g/mol. The molecule has 0 radical (unpaired) electrons. The number of hydrogen-bond donors (Lipinski definition) is 3. The minimum Gasteiger partial charge on any atom is -0.352 e. The number of amides is 3. The van der Waals surface area contributed by atoms with E-state index in [1.54, 1.807) is 72.8 Å². The maximum absolute atomic E-state index is 12.8. The topological polar surface area (TPSA) is 87.3 Å². The van der Waals surface area contributed by atoms with Crippen LogP contribution in [0.1, 0.15) is 44.4 Å². The summed E-state index contributed by atoms with van der Waals surface area (Å²) in [6.45, 7) is 2.53. The molecule has 0 saturated carbocycles. The van der Waals surface area contributed by atoms with Gasteiger partial charge in [-0.25, -0.2) is 0 Å². The van der Waals surface area contributed by atoms with Gasteiger partial charge in [-0.15, -0.1) is 0 Å². The molecule has 0 aliphatic heterocycles. The molecule has 0 heterocycles. The summed E-state index contributed by atoms with van der Waals surface area (Å²) in [6.07, 6.45) is 0.821. The Morgan fingerprint density at radius 1 is 0.700 bits per heavy atom. The fourth-order valence-corrected chi connectivity index (χ4v) is 2.85. The van der Waals surface area contributed by atoms with Crippen LogP contribution >= 0.6 is 0 Å². The molecular formula is C24H23N3O3. The number of nitrogens with one attached hydrogen (secondary N) is 3. The SMILES string of the molecule is CCCNC(=O)c1ccccc1NC(=O)c1cccc(NC(=O)c2ccccc2)c1. The number of rotatable bonds is 7. The van der Waals surface area contributed by atoms with E-state index < -0.39 is 0 Å². The maximum Gasteiger partial charge on any atom is 0.255 e. The fraction of sp³-hybridized carbons (Fsp3) is 0.125. The third-order valence-corrected chi connectivity index (χ3v) is 4.37. The highest BCUT2D eigenvalue weighted by atomic mass is 16.2. The van der Waals surface area contributed by atoms with Gasteiger partial charge in [-0.3, -0.25) is 14.4 Å². The summed E-state index contributed by atoms with van der Waals surface area (Å²) in [5.74, 6) is -0.871. The lowest BCUT2D eigenvalue weighted by molar-refractivity contribution is 0.0953. The van der Waals surface area contributed by atoms with Crippen molar-refractivity contribution in [3.8, 4) is 0 Å². The van der Waals surface area contributed by atoms with Gasteiger partial charge in [0.1, 0.15) is 0 Å². The number of carbonyl (C=O) groups is 3. The van der Waals surface area contributed by atoms with E-state index in [1.165, 1.54) is 0 Å². The molecule has 0 fully saturated rings. The molecular weight excluding hydrogens is 378 g/mol. The van der Waals surface area contributed by atoms with Crippen LogP contribution in [0.5, 0.6) is 0 Å². The number of carbonyl (C=O) groups excluding carboxylic acids is 3. The smallest absolute Gasteiger partial charge is 0.255 e. The Bertz CT molecular complexity index is 1050. The van der Waals surface area contributed by atoms with E-state index in [-0.39, 0.29) is 17.7 Å². The Morgan fingerprint density at radius 2 is 1.37 bits per heavy atom. The lowest BCUT2D eigenvalue weighted by Gasteiger charge is -2.12. The zero-order chi connectivity index (χ0) is 21.3. The van der Waals surface area contributed by atoms with Crippen LogP contribution in [0.15, 0.2) is 78.9 Å². The van der Waals surface area contributed by atoms with Crippen LogP contribution in [0.4, 0.5) is 11.4 Å². The summed E-state index contributed by atoms with van der Waals surface area (Å²) < 4.78 is 0. The lowest BCUT2D eigenvalue weighted by Crippen LogP contribution is -2.25. The lowest BCUT2D eigenvalue weighted by atomic mass is 10.1. The summed E-state index contributed by atoms with van der Waals surface area (Å²) in [5, 5.41) is 8.38. The monoisotopic (exact) mass is 401 g/mol. The van der Waals surface area contributed by atoms with Gasteiger partial charge in [-0.1, -0.05) is 43.3 Å². The second-order valence-corrected chi connectivity index (χ2v) is 6.66. The van der Waals surface area contributed by atoms with Crippen molar-refractivity contribution in [1.82, 2.24) is 5.32 Å². The molecule has 6 nitrogen and oxygen atoms in total. The highest BCUT2D eigenvalue weighted by molar-refractivity contribution is 6.10. The molecule has 0 atom stereocenters. The van der Waals surface area contributed by atoms with Gasteiger partial charge in [0, 0.05) is 23.4 Å². The molecule has 30 heavy (non-hydrogen) atoms. The second kappa shape index (κ2) is 10.0. The van der Waals surface area contributed by atoms with Gasteiger partial charge >= 0.3 is 0 Å². The van der Waals surface area contributed by atoms with Crippen molar-refractivity contribution in [3.05, 3.63) is 95.6 Å². The first-order valence-electron chi connectivity index (χ1n) is 9.73. The van der Waals surface area contributed by atoms with E-state index in [2.05, 4.69) is 16.0 Å². The summed E-state index contributed by atoms with van der Waals surface area (Å²) >= 11 is 0. The molecule has 0 spiro atoms. The van der Waals surface area contributed by atoms with Crippen LogP contribution in [0, 0.1) is 0 Å². The third kappa shape index (κ3) is 5.32. The van der Waals surface area contributed by atoms with Gasteiger partial charge in [0.2, 0.25) is 0 Å². The van der Waals surface area contributed by atoms with E-state index in [4.69, 9.17) is 0 Å². The first-order valence-corrected chi connectivity index (χ1v) is 9.73. The quantitative estimate of drug-likeness (QED) is 0.551. The van der Waals surface area contributed by atoms with Crippen LogP contribution in [-0.4, -0.2) is 24.3 Å². The van der Waals surface area contributed by atoms with Gasteiger partial charge in [0.25, 0.3) is 17.7 Å². The number of hydrogen-bond acceptors (Lipinski definition) is 3. The Hall–Kier alpha value is -3.93. The normalized spacial score (nSPS) is 10.2. The molecule has 3 aromatic carbocycles. The third-order valence-electron chi connectivity index (χ3n) is 4.37. The van der Waals surface area contributed by atoms with Crippen molar-refractivity contribution < 1.29 is 14.4 Å². The van der Waals surface area contributed by atoms with Crippen molar-refractivity contribution in [2.45, 2.75) is 13.3 Å². The Balaban J connectivity index is 1.73. The largest absolute Gasteiger partial charge is 0.352 e. The zero-order valence-electron chi connectivity index (χ0n) is 16.6. The Morgan fingerprint density at radius 3 is 2.13 bits per heavy atom. The molecule has 152 valence electrons. The molecule has 3 N–H and O–H groups in total. The summed E-state index contributed by atoms with van der Waals surface area (Å²) in [7, 11) is 0. The van der Waals surface area contributed by atoms with Crippen LogP contribution in [0.3, 0.4) is 0 Å². The summed E-state index contributed by atoms with van der Waals surface area (Å²) in [5.41, 5.74) is 2.22. The molecule has 3 aromatic rings. The summed E-state index contributed by atoms with van der Waals surface area (Å²) in [6, 6.07) is 22.3. The van der Waals surface area contributed by atoms with Crippen molar-refractivity contribution >= 4 is 29.1 Å². The predicted octanol–water partition coefficient (Wildman–Crippen LogP) is 4.33. The second-order valence-electron chi connectivity index (χ2n) is 6.66. The standard InChI is InChI=1S/C24H23N3O3/c1-2-15-25-24(30)20-13-6-7-14-21(20)27-23(29)18-11-8-12-19(16-18)26-22(28)17-9-4-3-5-10-17/h3-14,16H,2,15H2,1H3,(H,25,30)(H,26,28)(H,27,29).